The van der Waals surface area contributed by atoms with Gasteiger partial charge in [-0.25, -0.2) is 4.79 Å². The van der Waals surface area contributed by atoms with Gasteiger partial charge in [0.15, 0.2) is 11.2 Å². The molecule has 3 fully saturated rings. The highest BCUT2D eigenvalue weighted by atomic mass is 16.6. The first kappa shape index (κ1) is 18.6. The minimum atomic E-state index is -1.52. The van der Waals surface area contributed by atoms with Crippen molar-refractivity contribution in [1.82, 2.24) is 0 Å². The minimum absolute atomic E-state index is 0.0473. The third kappa shape index (κ3) is 2.70. The second-order valence-corrected chi connectivity index (χ2v) is 10.2. The van der Waals surface area contributed by atoms with Crippen LogP contribution in [0, 0.1) is 11.8 Å². The van der Waals surface area contributed by atoms with Gasteiger partial charge >= 0.3 is 5.97 Å². The summed E-state index contributed by atoms with van der Waals surface area (Å²) in [5.74, 6) is -0.0248. The van der Waals surface area contributed by atoms with E-state index in [2.05, 4.69) is 36.4 Å². The van der Waals surface area contributed by atoms with Crippen molar-refractivity contribution in [3.8, 4) is 0 Å². The molecule has 2 bridgehead atoms. The lowest BCUT2D eigenvalue weighted by molar-refractivity contribution is -0.948. The number of benzene rings is 2. The predicted molar refractivity (Wildman–Crippen MR) is 113 cm³/mol. The topological polar surface area (TPSA) is 46.5 Å². The van der Waals surface area contributed by atoms with Crippen LogP contribution in [0.1, 0.15) is 48.8 Å². The Morgan fingerprint density at radius 3 is 2.53 bits per heavy atom. The molecule has 6 rings (SSSR count). The van der Waals surface area contributed by atoms with Gasteiger partial charge in [0, 0.05) is 29.0 Å². The molecule has 4 atom stereocenters. The lowest BCUT2D eigenvalue weighted by Crippen LogP contribution is -2.48. The molecule has 2 saturated carbocycles. The summed E-state index contributed by atoms with van der Waals surface area (Å²) in [7, 11) is 0. The van der Waals surface area contributed by atoms with Gasteiger partial charge in [0.2, 0.25) is 0 Å². The number of nitrogens with zero attached hydrogens (tertiary/aromatic N) is 1. The van der Waals surface area contributed by atoms with Crippen LogP contribution in [0.25, 0.3) is 0 Å². The van der Waals surface area contributed by atoms with Crippen LogP contribution in [-0.2, 0) is 28.2 Å². The minimum Gasteiger partial charge on any atom is -0.450 e. The van der Waals surface area contributed by atoms with Gasteiger partial charge < -0.3 is 14.3 Å². The second-order valence-electron chi connectivity index (χ2n) is 10.2. The van der Waals surface area contributed by atoms with Crippen molar-refractivity contribution in [3.63, 3.8) is 0 Å². The number of esters is 1. The highest BCUT2D eigenvalue weighted by Crippen LogP contribution is 2.58. The van der Waals surface area contributed by atoms with Crippen molar-refractivity contribution in [2.75, 3.05) is 13.1 Å². The number of aliphatic hydroxyl groups is 1. The summed E-state index contributed by atoms with van der Waals surface area (Å²) < 4.78 is 7.17. The van der Waals surface area contributed by atoms with E-state index in [0.717, 1.165) is 73.9 Å². The van der Waals surface area contributed by atoms with Crippen molar-refractivity contribution >= 4 is 5.97 Å². The van der Waals surface area contributed by atoms with Gasteiger partial charge in [-0.2, -0.15) is 0 Å². The van der Waals surface area contributed by atoms with Crippen LogP contribution in [0.5, 0.6) is 0 Å². The van der Waals surface area contributed by atoms with Gasteiger partial charge in [-0.15, -0.1) is 0 Å². The van der Waals surface area contributed by atoms with Crippen LogP contribution < -0.4 is 0 Å². The molecule has 1 saturated heterocycles. The Bertz CT molecular complexity index is 985. The Kier molecular flexibility index (Phi) is 3.97. The Hall–Kier alpha value is -2.17. The zero-order valence-electron chi connectivity index (χ0n) is 17.4. The molecular weight excluding hydrogens is 374 g/mol. The third-order valence-corrected chi connectivity index (χ3v) is 8.23. The molecule has 2 aliphatic heterocycles. The fourth-order valence-electron chi connectivity index (χ4n) is 6.80. The standard InChI is InChI=1S/C26H30NO3/c28-24-26(29,21-11-5-6-12-21)23-13-7-4-10-20(23)16-27(15-19-8-2-1-3-9-19)17-22-14-25(22,18-27)30-24/h1-4,7-10,13,21-22,29H,5-6,11-12,14-18H2/q+1/t22-,25?,26+,27?/m1/s1. The van der Waals surface area contributed by atoms with E-state index in [1.165, 1.54) is 5.56 Å². The molecular formula is C26H30NO3+. The second kappa shape index (κ2) is 6.41. The van der Waals surface area contributed by atoms with Crippen LogP contribution in [0.4, 0.5) is 0 Å². The van der Waals surface area contributed by atoms with Crippen LogP contribution in [0.2, 0.25) is 0 Å². The highest BCUT2D eigenvalue weighted by Gasteiger charge is 2.72. The number of ether oxygens (including phenoxy) is 1. The van der Waals surface area contributed by atoms with E-state index in [1.807, 2.05) is 18.2 Å². The summed E-state index contributed by atoms with van der Waals surface area (Å²) in [6.07, 6.45) is 4.87. The van der Waals surface area contributed by atoms with Crippen molar-refractivity contribution in [2.24, 2.45) is 11.8 Å². The number of fused-ring (bicyclic) bond motifs is 2. The molecule has 1 N–H and O–H groups in total. The van der Waals surface area contributed by atoms with Crippen molar-refractivity contribution in [2.45, 2.75) is 56.4 Å². The fraction of sp³-hybridized carbons (Fsp3) is 0.500. The van der Waals surface area contributed by atoms with Gasteiger partial charge in [-0.05, 0) is 12.8 Å². The molecule has 2 unspecified atom stereocenters. The van der Waals surface area contributed by atoms with Crippen LogP contribution >= 0.6 is 0 Å². The maximum atomic E-state index is 13.6. The Balaban J connectivity index is 1.47. The van der Waals surface area contributed by atoms with Crippen LogP contribution in [0.3, 0.4) is 0 Å². The fourth-order valence-corrected chi connectivity index (χ4v) is 6.80. The molecule has 2 aromatic rings. The molecule has 2 heterocycles. The number of hydrogen-bond acceptors (Lipinski definition) is 3. The molecule has 30 heavy (non-hydrogen) atoms. The molecule has 0 aromatic heterocycles. The van der Waals surface area contributed by atoms with Crippen molar-refractivity contribution in [3.05, 3.63) is 71.3 Å². The van der Waals surface area contributed by atoms with E-state index in [4.69, 9.17) is 4.74 Å². The first-order valence-corrected chi connectivity index (χ1v) is 11.5. The summed E-state index contributed by atoms with van der Waals surface area (Å²) in [5.41, 5.74) is 1.33. The van der Waals surface area contributed by atoms with Gasteiger partial charge in [-0.1, -0.05) is 67.4 Å². The number of carbonyl (C=O) groups excluding carboxylic acids is 1. The lowest BCUT2D eigenvalue weighted by atomic mass is 9.78. The largest absolute Gasteiger partial charge is 0.450 e. The smallest absolute Gasteiger partial charge is 0.343 e. The average molecular weight is 405 g/mol. The van der Waals surface area contributed by atoms with E-state index in [1.54, 1.807) is 0 Å². The van der Waals surface area contributed by atoms with E-state index in [0.29, 0.717) is 5.92 Å². The molecule has 4 nitrogen and oxygen atoms in total. The lowest BCUT2D eigenvalue weighted by Gasteiger charge is -2.37. The molecule has 156 valence electrons. The van der Waals surface area contributed by atoms with Crippen LogP contribution in [-0.4, -0.2) is 34.2 Å². The van der Waals surface area contributed by atoms with Gasteiger partial charge in [0.05, 0.1) is 12.5 Å². The molecule has 1 spiro atoms. The number of quaternary nitrogens is 1. The van der Waals surface area contributed by atoms with E-state index < -0.39 is 11.6 Å². The summed E-state index contributed by atoms with van der Waals surface area (Å²) in [4.78, 5) is 13.6. The summed E-state index contributed by atoms with van der Waals surface area (Å²) >= 11 is 0. The first-order valence-electron chi connectivity index (χ1n) is 11.5. The molecule has 4 heteroatoms. The number of carbonyl (C=O) groups is 1. The monoisotopic (exact) mass is 404 g/mol. The zero-order valence-corrected chi connectivity index (χ0v) is 17.4. The maximum Gasteiger partial charge on any atom is 0.343 e. The Morgan fingerprint density at radius 2 is 1.73 bits per heavy atom. The highest BCUT2D eigenvalue weighted by molar-refractivity contribution is 5.83. The molecule has 0 amide bonds. The normalized spacial score (nSPS) is 37.5. The number of rotatable bonds is 3. The number of piperidine rings is 1. The van der Waals surface area contributed by atoms with Gasteiger partial charge in [0.25, 0.3) is 0 Å². The number of hydrogen-bond donors (Lipinski definition) is 1. The Morgan fingerprint density at radius 1 is 1.00 bits per heavy atom. The van der Waals surface area contributed by atoms with E-state index in [-0.39, 0.29) is 11.5 Å². The third-order valence-electron chi connectivity index (χ3n) is 8.23. The van der Waals surface area contributed by atoms with Gasteiger partial charge in [-0.3, -0.25) is 0 Å². The quantitative estimate of drug-likeness (QED) is 0.623. The Labute approximate surface area is 178 Å². The first-order chi connectivity index (χ1) is 14.5. The summed E-state index contributed by atoms with van der Waals surface area (Å²) in [6, 6.07) is 18.7. The van der Waals surface area contributed by atoms with E-state index in [9.17, 15) is 9.90 Å². The average Bonchev–Trinajstić information content (AvgIpc) is 3.11. The van der Waals surface area contributed by atoms with Crippen LogP contribution in [0.15, 0.2) is 54.6 Å². The maximum absolute atomic E-state index is 13.6. The van der Waals surface area contributed by atoms with E-state index >= 15 is 0 Å². The van der Waals surface area contributed by atoms with Crippen molar-refractivity contribution < 1.29 is 19.1 Å². The zero-order chi connectivity index (χ0) is 20.4. The summed E-state index contributed by atoms with van der Waals surface area (Å²) in [6.45, 7) is 3.67. The van der Waals surface area contributed by atoms with Crippen molar-refractivity contribution in [1.29, 1.82) is 0 Å². The molecule has 4 aliphatic rings. The molecule has 0 radical (unpaired) electrons. The van der Waals surface area contributed by atoms with Gasteiger partial charge in [0.1, 0.15) is 19.6 Å². The predicted octanol–water partition coefficient (Wildman–Crippen LogP) is 3.91. The SMILES string of the molecule is O=C1OC23C[C@@H]2C[N+](Cc2ccccc2)(Cc2ccccc2[C@@]1(O)C1CCCC1)C3. The summed E-state index contributed by atoms with van der Waals surface area (Å²) in [5, 5.41) is 12.0. The molecule has 2 aromatic carbocycles. The molecule has 2 aliphatic carbocycles.